The molecule has 0 atom stereocenters. The van der Waals surface area contributed by atoms with Crippen LogP contribution in [0.5, 0.6) is 23.0 Å². The van der Waals surface area contributed by atoms with Gasteiger partial charge in [0.05, 0.1) is 11.5 Å². The van der Waals surface area contributed by atoms with E-state index in [4.69, 9.17) is 9.47 Å². The van der Waals surface area contributed by atoms with Gasteiger partial charge in [-0.3, -0.25) is 0 Å². The predicted octanol–water partition coefficient (Wildman–Crippen LogP) is 10.3. The van der Waals surface area contributed by atoms with Crippen LogP contribution in [0.1, 0.15) is 0 Å². The van der Waals surface area contributed by atoms with E-state index in [2.05, 4.69) is 88.8 Å². The van der Waals surface area contributed by atoms with E-state index in [-0.39, 0.29) is 20.1 Å². The van der Waals surface area contributed by atoms with Crippen LogP contribution in [0.15, 0.2) is 158 Å². The molecule has 0 aliphatic carbocycles. The number of nitrogens with zero attached hydrogens (tertiary/aromatic N) is 2. The Labute approximate surface area is 276 Å². The first-order chi connectivity index (χ1) is 21.8. The zero-order chi connectivity index (χ0) is 29.6. The van der Waals surface area contributed by atoms with Gasteiger partial charge in [0.15, 0.2) is 11.5 Å². The van der Waals surface area contributed by atoms with E-state index in [0.29, 0.717) is 17.2 Å². The molecule has 3 heterocycles. The van der Waals surface area contributed by atoms with E-state index >= 15 is 0 Å². The second-order valence-electron chi connectivity index (χ2n) is 10.1. The largest absolute Gasteiger partial charge is 0.494 e. The van der Waals surface area contributed by atoms with Gasteiger partial charge < -0.3 is 19.4 Å². The van der Waals surface area contributed by atoms with Crippen molar-refractivity contribution in [3.8, 4) is 67.8 Å². The molecule has 0 amide bonds. The van der Waals surface area contributed by atoms with Gasteiger partial charge in [-0.05, 0) is 52.3 Å². The van der Waals surface area contributed by atoms with Crippen LogP contribution in [0.4, 0.5) is 0 Å². The quantitative estimate of drug-likeness (QED) is 0.168. The Morgan fingerprint density at radius 1 is 0.444 bits per heavy atom. The monoisotopic (exact) mass is 759 g/mol. The van der Waals surface area contributed by atoms with Crippen molar-refractivity contribution in [2.75, 3.05) is 0 Å². The van der Waals surface area contributed by atoms with E-state index < -0.39 is 0 Å². The first-order valence-electron chi connectivity index (χ1n) is 14.3. The normalized spacial score (nSPS) is 10.8. The maximum absolute atomic E-state index is 5.97. The molecule has 45 heavy (non-hydrogen) atoms. The molecule has 5 heteroatoms. The molecule has 0 saturated heterocycles. The first kappa shape index (κ1) is 29.7. The molecule has 5 aromatic carbocycles. The zero-order valence-corrected chi connectivity index (χ0v) is 26.5. The van der Waals surface area contributed by atoms with Crippen molar-refractivity contribution in [3.05, 3.63) is 170 Å². The van der Waals surface area contributed by atoms with Crippen molar-refractivity contribution in [1.29, 1.82) is 0 Å². The van der Waals surface area contributed by atoms with Gasteiger partial charge in [0.1, 0.15) is 0 Å². The van der Waals surface area contributed by atoms with Gasteiger partial charge in [-0.15, -0.1) is 47.5 Å². The van der Waals surface area contributed by atoms with Gasteiger partial charge in [-0.25, -0.2) is 0 Å². The van der Waals surface area contributed by atoms with Gasteiger partial charge in [-0.2, -0.15) is 0 Å². The molecular formula is C40H26IrN2O2-2. The predicted molar refractivity (Wildman–Crippen MR) is 174 cm³/mol. The minimum absolute atomic E-state index is 0. The average molecular weight is 759 g/mol. The Hall–Kier alpha value is -5.35. The molecule has 1 aliphatic rings. The van der Waals surface area contributed by atoms with E-state index in [1.807, 2.05) is 85.1 Å². The van der Waals surface area contributed by atoms with Gasteiger partial charge in [0.2, 0.25) is 0 Å². The fraction of sp³-hybridized carbons (Fsp3) is 0. The number of rotatable bonds is 4. The molecule has 7 aromatic rings. The van der Waals surface area contributed by atoms with Gasteiger partial charge in [0, 0.05) is 32.5 Å². The fourth-order valence-electron chi connectivity index (χ4n) is 5.01. The molecule has 0 unspecified atom stereocenters. The summed E-state index contributed by atoms with van der Waals surface area (Å²) in [6, 6.07) is 54.6. The summed E-state index contributed by atoms with van der Waals surface area (Å²) in [5, 5.41) is 0. The van der Waals surface area contributed by atoms with Crippen molar-refractivity contribution in [1.82, 2.24) is 9.97 Å². The third kappa shape index (κ3) is 6.76. The summed E-state index contributed by atoms with van der Waals surface area (Å²) in [4.78, 5) is 8.88. The topological polar surface area (TPSA) is 44.2 Å². The zero-order valence-electron chi connectivity index (χ0n) is 24.1. The molecule has 0 bridgehead atoms. The van der Waals surface area contributed by atoms with Crippen LogP contribution in [0, 0.1) is 12.1 Å². The van der Waals surface area contributed by atoms with E-state index in [9.17, 15) is 0 Å². The molecule has 0 fully saturated rings. The number of pyridine rings is 2. The summed E-state index contributed by atoms with van der Waals surface area (Å²) < 4.78 is 11.8. The molecule has 219 valence electrons. The summed E-state index contributed by atoms with van der Waals surface area (Å²) in [5.74, 6) is 2.77. The van der Waals surface area contributed by atoms with Crippen LogP contribution in [-0.4, -0.2) is 9.97 Å². The van der Waals surface area contributed by atoms with Crippen molar-refractivity contribution in [2.45, 2.75) is 0 Å². The Kier molecular flexibility index (Phi) is 9.22. The molecule has 0 N–H and O–H groups in total. The minimum atomic E-state index is 0. The summed E-state index contributed by atoms with van der Waals surface area (Å²) in [5.41, 5.74) is 8.30. The number of aromatic nitrogens is 2. The SMILES string of the molecule is [Ir].[c-]1ccc(-c2ccccc2)cc1-c1cc(-c2ccccc2)ccn1.[c-]1ccc2c(c1-c1ccccn1)Oc1ccccc1O2. The van der Waals surface area contributed by atoms with Crippen molar-refractivity contribution in [2.24, 2.45) is 0 Å². The number of fused-ring (bicyclic) bond motifs is 2. The number of para-hydroxylation sites is 2. The minimum Gasteiger partial charge on any atom is -0.494 e. The van der Waals surface area contributed by atoms with Crippen LogP contribution >= 0.6 is 0 Å². The molecule has 1 radical (unpaired) electrons. The molecule has 4 nitrogen and oxygen atoms in total. The maximum Gasteiger partial charge on any atom is 0.166 e. The van der Waals surface area contributed by atoms with Crippen molar-refractivity contribution in [3.63, 3.8) is 0 Å². The number of hydrogen-bond donors (Lipinski definition) is 0. The van der Waals surface area contributed by atoms with E-state index in [0.717, 1.165) is 28.3 Å². The molecular weight excluding hydrogens is 733 g/mol. The molecule has 1 aliphatic heterocycles. The molecule has 0 spiro atoms. The number of ether oxygens (including phenoxy) is 2. The van der Waals surface area contributed by atoms with Gasteiger partial charge in [-0.1, -0.05) is 103 Å². The molecule has 2 aromatic heterocycles. The van der Waals surface area contributed by atoms with Crippen LogP contribution in [0.3, 0.4) is 0 Å². The fourth-order valence-corrected chi connectivity index (χ4v) is 5.01. The van der Waals surface area contributed by atoms with E-state index in [1.54, 1.807) is 6.20 Å². The van der Waals surface area contributed by atoms with Gasteiger partial charge in [0.25, 0.3) is 0 Å². The number of benzene rings is 5. The first-order valence-corrected chi connectivity index (χ1v) is 14.3. The summed E-state index contributed by atoms with van der Waals surface area (Å²) >= 11 is 0. The number of hydrogen-bond acceptors (Lipinski definition) is 4. The van der Waals surface area contributed by atoms with Crippen LogP contribution in [0.2, 0.25) is 0 Å². The third-order valence-electron chi connectivity index (χ3n) is 7.17. The Bertz CT molecular complexity index is 1940. The third-order valence-corrected chi connectivity index (χ3v) is 7.17. The van der Waals surface area contributed by atoms with Crippen LogP contribution < -0.4 is 9.47 Å². The van der Waals surface area contributed by atoms with Crippen LogP contribution in [0.25, 0.3) is 44.8 Å². The Morgan fingerprint density at radius 2 is 1.07 bits per heavy atom. The Balaban J connectivity index is 0.000000158. The Morgan fingerprint density at radius 3 is 1.78 bits per heavy atom. The average Bonchev–Trinajstić information content (AvgIpc) is 3.12. The van der Waals surface area contributed by atoms with E-state index in [1.165, 1.54) is 22.3 Å². The molecule has 8 rings (SSSR count). The van der Waals surface area contributed by atoms with Crippen molar-refractivity contribution < 1.29 is 29.6 Å². The summed E-state index contributed by atoms with van der Waals surface area (Å²) in [7, 11) is 0. The van der Waals surface area contributed by atoms with Gasteiger partial charge >= 0.3 is 0 Å². The second kappa shape index (κ2) is 14.0. The smallest absolute Gasteiger partial charge is 0.166 e. The second-order valence-corrected chi connectivity index (χ2v) is 10.1. The maximum atomic E-state index is 5.97. The standard InChI is InChI=1S/C23H16N.C17H10NO2.Ir/c1-3-8-18(9-4-1)20-12-7-13-22(16-20)23-17-21(14-15-24-23)19-10-5-2-6-11-19;1-2-9-15-14(8-1)19-16-10-5-6-12(17(16)20-15)13-7-3-4-11-18-13;/h1-12,14-17H;1-5,7-11H;/q2*-1;. The van der Waals surface area contributed by atoms with Crippen LogP contribution in [-0.2, 0) is 20.1 Å². The molecule has 0 saturated carbocycles. The summed E-state index contributed by atoms with van der Waals surface area (Å²) in [6.07, 6.45) is 3.61. The van der Waals surface area contributed by atoms with Crippen molar-refractivity contribution >= 4 is 0 Å². The summed E-state index contributed by atoms with van der Waals surface area (Å²) in [6.45, 7) is 0.